The molecule has 2 aromatic rings. The van der Waals surface area contributed by atoms with E-state index in [4.69, 9.17) is 0 Å². The number of anilines is 1. The summed E-state index contributed by atoms with van der Waals surface area (Å²) in [4.78, 5) is 39.2. The third kappa shape index (κ3) is 5.10. The summed E-state index contributed by atoms with van der Waals surface area (Å²) < 4.78 is 0. The molecule has 7 nitrogen and oxygen atoms in total. The van der Waals surface area contributed by atoms with Crippen LogP contribution in [0.15, 0.2) is 42.9 Å². The van der Waals surface area contributed by atoms with Crippen LogP contribution in [0.1, 0.15) is 35.7 Å². The van der Waals surface area contributed by atoms with Crippen molar-refractivity contribution in [3.05, 3.63) is 54.0 Å². The molecule has 1 saturated heterocycles. The van der Waals surface area contributed by atoms with Crippen LogP contribution < -0.4 is 4.90 Å². The molecule has 0 N–H and O–H groups in total. The van der Waals surface area contributed by atoms with Crippen molar-refractivity contribution in [1.82, 2.24) is 19.8 Å². The van der Waals surface area contributed by atoms with E-state index in [9.17, 15) is 9.59 Å². The maximum atomic E-state index is 13.1. The van der Waals surface area contributed by atoms with Crippen LogP contribution in [-0.2, 0) is 11.3 Å². The summed E-state index contributed by atoms with van der Waals surface area (Å²) in [6.07, 6.45) is 6.78. The van der Waals surface area contributed by atoms with Crippen LogP contribution in [0.5, 0.6) is 0 Å². The van der Waals surface area contributed by atoms with Gasteiger partial charge in [-0.1, -0.05) is 12.1 Å². The number of aromatic nitrogens is 2. The highest BCUT2D eigenvalue weighted by Crippen LogP contribution is 2.23. The molecule has 0 aliphatic carbocycles. The Kier molecular flexibility index (Phi) is 6.80. The Morgan fingerprint density at radius 1 is 1.10 bits per heavy atom. The largest absolute Gasteiger partial charge is 0.355 e. The minimum Gasteiger partial charge on any atom is -0.355 e. The van der Waals surface area contributed by atoms with Gasteiger partial charge < -0.3 is 14.7 Å². The standard InChI is InChI=1S/C22H29N5O2/c1-4-26(16-17-5-7-18(8-6-17)21(28)25(2)3)22(29)19-9-13-27(14-10-19)20-15-23-11-12-24-20/h5-8,11-12,15,19H,4,9-10,13-14,16H2,1-3H3. The molecule has 0 unspecified atom stereocenters. The fourth-order valence-corrected chi connectivity index (χ4v) is 3.65. The monoisotopic (exact) mass is 395 g/mol. The van der Waals surface area contributed by atoms with Gasteiger partial charge in [0.25, 0.3) is 5.91 Å². The molecule has 2 heterocycles. The van der Waals surface area contributed by atoms with Crippen molar-refractivity contribution >= 4 is 17.6 Å². The van der Waals surface area contributed by atoms with Crippen molar-refractivity contribution in [2.45, 2.75) is 26.3 Å². The lowest BCUT2D eigenvalue weighted by Crippen LogP contribution is -2.42. The van der Waals surface area contributed by atoms with E-state index in [-0.39, 0.29) is 17.7 Å². The molecular formula is C22H29N5O2. The average molecular weight is 396 g/mol. The van der Waals surface area contributed by atoms with Gasteiger partial charge in [-0.2, -0.15) is 0 Å². The zero-order valence-electron chi connectivity index (χ0n) is 17.4. The number of hydrogen-bond acceptors (Lipinski definition) is 5. The average Bonchev–Trinajstić information content (AvgIpc) is 2.77. The maximum absolute atomic E-state index is 13.1. The molecule has 0 atom stereocenters. The first kappa shape index (κ1) is 20.8. The zero-order valence-corrected chi connectivity index (χ0v) is 17.4. The van der Waals surface area contributed by atoms with E-state index < -0.39 is 0 Å². The number of hydrogen-bond donors (Lipinski definition) is 0. The summed E-state index contributed by atoms with van der Waals surface area (Å²) in [5, 5.41) is 0. The summed E-state index contributed by atoms with van der Waals surface area (Å²) in [7, 11) is 3.48. The van der Waals surface area contributed by atoms with Crippen LogP contribution in [0.3, 0.4) is 0 Å². The van der Waals surface area contributed by atoms with Gasteiger partial charge in [-0.3, -0.25) is 14.6 Å². The lowest BCUT2D eigenvalue weighted by atomic mass is 9.95. The lowest BCUT2D eigenvalue weighted by Gasteiger charge is -2.34. The topological polar surface area (TPSA) is 69.6 Å². The molecule has 1 aromatic heterocycles. The predicted molar refractivity (Wildman–Crippen MR) is 113 cm³/mol. The van der Waals surface area contributed by atoms with E-state index in [1.807, 2.05) is 36.1 Å². The molecule has 0 saturated carbocycles. The summed E-state index contributed by atoms with van der Waals surface area (Å²) in [5.41, 5.74) is 1.69. The van der Waals surface area contributed by atoms with Gasteiger partial charge in [0.2, 0.25) is 5.91 Å². The van der Waals surface area contributed by atoms with Crippen molar-refractivity contribution in [2.75, 3.05) is 38.6 Å². The first-order valence-corrected chi connectivity index (χ1v) is 10.1. The zero-order chi connectivity index (χ0) is 20.8. The smallest absolute Gasteiger partial charge is 0.253 e. The number of rotatable bonds is 6. The van der Waals surface area contributed by atoms with Crippen molar-refractivity contribution in [3.63, 3.8) is 0 Å². The molecular weight excluding hydrogens is 366 g/mol. The Morgan fingerprint density at radius 3 is 2.34 bits per heavy atom. The first-order chi connectivity index (χ1) is 14.0. The Hall–Kier alpha value is -2.96. The Labute approximate surface area is 172 Å². The normalized spacial score (nSPS) is 14.5. The number of benzene rings is 1. The summed E-state index contributed by atoms with van der Waals surface area (Å²) in [6, 6.07) is 7.53. The SMILES string of the molecule is CCN(Cc1ccc(C(=O)N(C)C)cc1)C(=O)C1CCN(c2cnccn2)CC1. The second-order valence-corrected chi connectivity index (χ2v) is 7.57. The molecule has 1 aromatic carbocycles. The van der Waals surface area contributed by atoms with E-state index in [0.717, 1.165) is 37.3 Å². The van der Waals surface area contributed by atoms with Crippen molar-refractivity contribution in [1.29, 1.82) is 0 Å². The predicted octanol–water partition coefficient (Wildman–Crippen LogP) is 2.44. The van der Waals surface area contributed by atoms with Crippen LogP contribution >= 0.6 is 0 Å². The minimum absolute atomic E-state index is 0.0187. The minimum atomic E-state index is -0.0187. The second-order valence-electron chi connectivity index (χ2n) is 7.57. The molecule has 154 valence electrons. The van der Waals surface area contributed by atoms with Crippen LogP contribution in [0.2, 0.25) is 0 Å². The number of amides is 2. The van der Waals surface area contributed by atoms with Gasteiger partial charge in [0.1, 0.15) is 5.82 Å². The van der Waals surface area contributed by atoms with Gasteiger partial charge in [-0.15, -0.1) is 0 Å². The van der Waals surface area contributed by atoms with Crippen molar-refractivity contribution in [3.8, 4) is 0 Å². The fourth-order valence-electron chi connectivity index (χ4n) is 3.65. The fraction of sp³-hybridized carbons (Fsp3) is 0.455. The molecule has 2 amide bonds. The summed E-state index contributed by atoms with van der Waals surface area (Å²) in [5.74, 6) is 1.10. The van der Waals surface area contributed by atoms with Crippen molar-refractivity contribution in [2.24, 2.45) is 5.92 Å². The van der Waals surface area contributed by atoms with E-state index >= 15 is 0 Å². The highest BCUT2D eigenvalue weighted by Gasteiger charge is 2.28. The van der Waals surface area contributed by atoms with E-state index in [1.165, 1.54) is 0 Å². The quantitative estimate of drug-likeness (QED) is 0.751. The van der Waals surface area contributed by atoms with Gasteiger partial charge in [0, 0.05) is 64.1 Å². The van der Waals surface area contributed by atoms with Crippen LogP contribution in [0.25, 0.3) is 0 Å². The third-order valence-corrected chi connectivity index (χ3v) is 5.39. The van der Waals surface area contributed by atoms with E-state index in [1.54, 1.807) is 37.6 Å². The Morgan fingerprint density at radius 2 is 1.79 bits per heavy atom. The van der Waals surface area contributed by atoms with Crippen LogP contribution in [0.4, 0.5) is 5.82 Å². The number of carbonyl (C=O) groups excluding carboxylic acids is 2. The Bertz CT molecular complexity index is 815. The maximum Gasteiger partial charge on any atom is 0.253 e. The highest BCUT2D eigenvalue weighted by molar-refractivity contribution is 5.93. The highest BCUT2D eigenvalue weighted by atomic mass is 16.2. The van der Waals surface area contributed by atoms with Gasteiger partial charge in [-0.05, 0) is 37.5 Å². The molecule has 1 aliphatic heterocycles. The second kappa shape index (κ2) is 9.49. The van der Waals surface area contributed by atoms with Gasteiger partial charge >= 0.3 is 0 Å². The number of nitrogens with zero attached hydrogens (tertiary/aromatic N) is 5. The number of piperidine rings is 1. The van der Waals surface area contributed by atoms with E-state index in [0.29, 0.717) is 18.7 Å². The Balaban J connectivity index is 1.57. The van der Waals surface area contributed by atoms with Crippen LogP contribution in [-0.4, -0.2) is 65.3 Å². The molecule has 7 heteroatoms. The molecule has 1 fully saturated rings. The summed E-state index contributed by atoms with van der Waals surface area (Å²) >= 11 is 0. The van der Waals surface area contributed by atoms with Crippen molar-refractivity contribution < 1.29 is 9.59 Å². The molecule has 0 radical (unpaired) electrons. The van der Waals surface area contributed by atoms with E-state index in [2.05, 4.69) is 14.9 Å². The molecule has 1 aliphatic rings. The number of carbonyl (C=O) groups is 2. The molecule has 29 heavy (non-hydrogen) atoms. The van der Waals surface area contributed by atoms with Crippen LogP contribution in [0, 0.1) is 5.92 Å². The first-order valence-electron chi connectivity index (χ1n) is 10.1. The molecule has 0 spiro atoms. The molecule has 3 rings (SSSR count). The third-order valence-electron chi connectivity index (χ3n) is 5.39. The molecule has 0 bridgehead atoms. The lowest BCUT2D eigenvalue weighted by molar-refractivity contribution is -0.136. The van der Waals surface area contributed by atoms with Gasteiger partial charge in [0.05, 0.1) is 6.20 Å². The van der Waals surface area contributed by atoms with Gasteiger partial charge in [0.15, 0.2) is 0 Å². The van der Waals surface area contributed by atoms with Gasteiger partial charge in [-0.25, -0.2) is 4.98 Å². The summed E-state index contributed by atoms with van der Waals surface area (Å²) in [6.45, 7) is 4.87.